The van der Waals surface area contributed by atoms with Gasteiger partial charge >= 0.3 is 0 Å². The maximum atomic E-state index is 6.17. The van der Waals surface area contributed by atoms with E-state index in [-0.39, 0.29) is 5.54 Å². The van der Waals surface area contributed by atoms with Gasteiger partial charge < -0.3 is 16.0 Å². The van der Waals surface area contributed by atoms with Crippen molar-refractivity contribution in [1.29, 1.82) is 0 Å². The first-order valence-corrected chi connectivity index (χ1v) is 11.4. The third kappa shape index (κ3) is 3.73. The number of nitrogen functional groups attached to an aromatic ring is 1. The zero-order valence-corrected chi connectivity index (χ0v) is 17.6. The van der Waals surface area contributed by atoms with Crippen LogP contribution in [0.15, 0.2) is 24.3 Å². The van der Waals surface area contributed by atoms with Crippen LogP contribution in [0.4, 0.5) is 11.8 Å². The molecule has 2 fully saturated rings. The molecule has 0 unspecified atom stereocenters. The van der Waals surface area contributed by atoms with E-state index in [9.17, 15) is 0 Å². The third-order valence-electron chi connectivity index (χ3n) is 7.31. The average Bonchev–Trinajstić information content (AvgIpc) is 3.18. The van der Waals surface area contributed by atoms with Gasteiger partial charge in [-0.1, -0.05) is 24.3 Å². The molecular weight excluding hydrogens is 358 g/mol. The first kappa shape index (κ1) is 18.9. The molecule has 0 spiro atoms. The summed E-state index contributed by atoms with van der Waals surface area (Å²) in [6, 6.07) is 9.38. The van der Waals surface area contributed by atoms with Crippen LogP contribution in [0.1, 0.15) is 63.0 Å². The van der Waals surface area contributed by atoms with Crippen LogP contribution in [0.2, 0.25) is 0 Å². The third-order valence-corrected chi connectivity index (χ3v) is 7.31. The van der Waals surface area contributed by atoms with Crippen molar-refractivity contribution < 1.29 is 0 Å². The van der Waals surface area contributed by atoms with E-state index in [2.05, 4.69) is 51.4 Å². The zero-order chi connectivity index (χ0) is 19.8. The fraction of sp³-hybridized carbons (Fsp3) is 0.583. The molecule has 1 aromatic heterocycles. The van der Waals surface area contributed by atoms with Gasteiger partial charge in [0, 0.05) is 22.7 Å². The fourth-order valence-corrected chi connectivity index (χ4v) is 5.61. The van der Waals surface area contributed by atoms with Crippen molar-refractivity contribution in [3.05, 3.63) is 35.4 Å². The van der Waals surface area contributed by atoms with Crippen LogP contribution in [-0.2, 0) is 12.8 Å². The molecule has 1 saturated carbocycles. The van der Waals surface area contributed by atoms with Crippen LogP contribution in [0.5, 0.6) is 0 Å². The predicted octanol–water partition coefficient (Wildman–Crippen LogP) is 4.42. The normalized spacial score (nSPS) is 27.1. The van der Waals surface area contributed by atoms with E-state index in [1.165, 1.54) is 68.3 Å². The van der Waals surface area contributed by atoms with E-state index in [1.807, 2.05) is 0 Å². The van der Waals surface area contributed by atoms with Gasteiger partial charge in [0.05, 0.1) is 5.69 Å². The van der Waals surface area contributed by atoms with Crippen LogP contribution in [0.3, 0.4) is 0 Å². The molecule has 5 heteroatoms. The predicted molar refractivity (Wildman–Crippen MR) is 119 cm³/mol. The Hall–Kier alpha value is -2.14. The molecule has 0 amide bonds. The van der Waals surface area contributed by atoms with E-state index in [0.717, 1.165) is 36.8 Å². The molecule has 154 valence electrons. The number of anilines is 2. The van der Waals surface area contributed by atoms with Crippen LogP contribution in [0.25, 0.3) is 11.3 Å². The molecule has 2 heterocycles. The van der Waals surface area contributed by atoms with Gasteiger partial charge in [-0.05, 0) is 83.4 Å². The van der Waals surface area contributed by atoms with Crippen molar-refractivity contribution in [2.24, 2.45) is 0 Å². The number of aromatic nitrogens is 2. The molecule has 2 aliphatic carbocycles. The van der Waals surface area contributed by atoms with Crippen LogP contribution < -0.4 is 11.1 Å². The van der Waals surface area contributed by atoms with Gasteiger partial charge in [0.15, 0.2) is 0 Å². The lowest BCUT2D eigenvalue weighted by molar-refractivity contribution is 0.163. The van der Waals surface area contributed by atoms with Gasteiger partial charge in [0.1, 0.15) is 5.82 Å². The monoisotopic (exact) mass is 391 g/mol. The zero-order valence-electron chi connectivity index (χ0n) is 17.6. The molecule has 0 atom stereocenters. The van der Waals surface area contributed by atoms with Gasteiger partial charge in [-0.3, -0.25) is 0 Å². The number of hydrogen-bond acceptors (Lipinski definition) is 5. The van der Waals surface area contributed by atoms with Crippen molar-refractivity contribution in [1.82, 2.24) is 14.9 Å². The minimum atomic E-state index is 0.0800. The summed E-state index contributed by atoms with van der Waals surface area (Å²) in [5, 5.41) is 3.85. The SMILES string of the molecule is CC1(Nc2nc(N)nc3c2CCCc2ccccc2-3)CCC(N2CCCC2)CC1. The standard InChI is InChI=1S/C24H33N5/c1-24(13-11-18(12-14-24)29-15-4-5-16-29)28-22-20-10-6-8-17-7-2-3-9-19(17)21(20)26-23(25)27-22/h2-3,7,9,18H,4-6,8,10-16H2,1H3,(H3,25,26,27,28). The van der Waals surface area contributed by atoms with Gasteiger partial charge in [0.2, 0.25) is 5.95 Å². The van der Waals surface area contributed by atoms with E-state index < -0.39 is 0 Å². The molecule has 0 bridgehead atoms. The van der Waals surface area contributed by atoms with E-state index in [1.54, 1.807) is 0 Å². The summed E-state index contributed by atoms with van der Waals surface area (Å²) < 4.78 is 0. The molecule has 1 aliphatic heterocycles. The van der Waals surface area contributed by atoms with Gasteiger partial charge in [-0.25, -0.2) is 4.98 Å². The Labute approximate surface area is 174 Å². The van der Waals surface area contributed by atoms with E-state index >= 15 is 0 Å². The Bertz CT molecular complexity index is 879. The number of rotatable bonds is 3. The molecule has 3 N–H and O–H groups in total. The molecule has 2 aromatic rings. The number of nitrogens with two attached hydrogens (primary N) is 1. The molecule has 0 radical (unpaired) electrons. The first-order valence-electron chi connectivity index (χ1n) is 11.4. The van der Waals surface area contributed by atoms with E-state index in [0.29, 0.717) is 5.95 Å². The highest BCUT2D eigenvalue weighted by molar-refractivity contribution is 5.73. The summed E-state index contributed by atoms with van der Waals surface area (Å²) in [7, 11) is 0. The van der Waals surface area contributed by atoms with Gasteiger partial charge in [-0.15, -0.1) is 0 Å². The van der Waals surface area contributed by atoms with Crippen LogP contribution in [0, 0.1) is 0 Å². The maximum Gasteiger partial charge on any atom is 0.222 e. The summed E-state index contributed by atoms with van der Waals surface area (Å²) in [5.41, 5.74) is 11.1. The van der Waals surface area contributed by atoms with Crippen LogP contribution in [-0.4, -0.2) is 39.5 Å². The highest BCUT2D eigenvalue weighted by Gasteiger charge is 2.35. The van der Waals surface area contributed by atoms with Crippen molar-refractivity contribution >= 4 is 11.8 Å². The molecule has 29 heavy (non-hydrogen) atoms. The molecule has 1 saturated heterocycles. The number of fused-ring (bicyclic) bond motifs is 3. The van der Waals surface area contributed by atoms with Gasteiger partial charge in [-0.2, -0.15) is 4.98 Å². The Morgan fingerprint density at radius 1 is 1.03 bits per heavy atom. The topological polar surface area (TPSA) is 67.1 Å². The number of nitrogens with one attached hydrogen (secondary N) is 1. The van der Waals surface area contributed by atoms with Crippen molar-refractivity contribution in [3.63, 3.8) is 0 Å². The van der Waals surface area contributed by atoms with Crippen molar-refractivity contribution in [2.45, 2.75) is 76.3 Å². The lowest BCUT2D eigenvalue weighted by Crippen LogP contribution is -2.45. The molecular formula is C24H33N5. The second kappa shape index (κ2) is 7.60. The lowest BCUT2D eigenvalue weighted by atomic mass is 9.80. The summed E-state index contributed by atoms with van der Waals surface area (Å²) in [4.78, 5) is 12.1. The maximum absolute atomic E-state index is 6.17. The first-order chi connectivity index (χ1) is 14.1. The minimum absolute atomic E-state index is 0.0800. The lowest BCUT2D eigenvalue weighted by Gasteiger charge is -2.41. The summed E-state index contributed by atoms with van der Waals surface area (Å²) in [6.45, 7) is 4.96. The quantitative estimate of drug-likeness (QED) is 0.810. The Balaban J connectivity index is 1.40. The summed E-state index contributed by atoms with van der Waals surface area (Å²) in [6.07, 6.45) is 10.9. The van der Waals surface area contributed by atoms with E-state index in [4.69, 9.17) is 5.73 Å². The highest BCUT2D eigenvalue weighted by atomic mass is 15.2. The molecule has 5 rings (SSSR count). The molecule has 3 aliphatic rings. The number of aryl methyl sites for hydroxylation is 1. The number of benzene rings is 1. The largest absolute Gasteiger partial charge is 0.368 e. The van der Waals surface area contributed by atoms with Crippen molar-refractivity contribution in [2.75, 3.05) is 24.1 Å². The number of likely N-dealkylation sites (tertiary alicyclic amines) is 1. The second-order valence-electron chi connectivity index (χ2n) is 9.43. The average molecular weight is 392 g/mol. The van der Waals surface area contributed by atoms with Gasteiger partial charge in [0.25, 0.3) is 0 Å². The summed E-state index contributed by atoms with van der Waals surface area (Å²) in [5.74, 6) is 1.34. The molecule has 1 aromatic carbocycles. The highest BCUT2D eigenvalue weighted by Crippen LogP contribution is 2.39. The second-order valence-corrected chi connectivity index (χ2v) is 9.43. The Kier molecular flexibility index (Phi) is 4.94. The summed E-state index contributed by atoms with van der Waals surface area (Å²) >= 11 is 0. The molecule has 5 nitrogen and oxygen atoms in total. The fourth-order valence-electron chi connectivity index (χ4n) is 5.61. The Morgan fingerprint density at radius 3 is 2.59 bits per heavy atom. The van der Waals surface area contributed by atoms with Crippen molar-refractivity contribution in [3.8, 4) is 11.3 Å². The number of nitrogens with zero attached hydrogens (tertiary/aromatic N) is 3. The minimum Gasteiger partial charge on any atom is -0.368 e. The Morgan fingerprint density at radius 2 is 1.79 bits per heavy atom. The smallest absolute Gasteiger partial charge is 0.222 e. The number of hydrogen-bond donors (Lipinski definition) is 2. The van der Waals surface area contributed by atoms with Crippen LogP contribution >= 0.6 is 0 Å².